The van der Waals surface area contributed by atoms with Gasteiger partial charge in [-0.1, -0.05) is 15.9 Å². The number of halogens is 5. The van der Waals surface area contributed by atoms with Crippen molar-refractivity contribution in [2.45, 2.75) is 6.92 Å². The molecule has 0 atom stereocenters. The Morgan fingerprint density at radius 2 is 1.45 bits per heavy atom. The highest BCUT2D eigenvalue weighted by Crippen LogP contribution is 2.31. The minimum atomic E-state index is -0.911. The molecular formula is C21H21BrF4N2O4S. The van der Waals surface area contributed by atoms with Crippen molar-refractivity contribution in [2.24, 2.45) is 0 Å². The maximum Gasteiger partial charge on any atom is 0.180 e. The summed E-state index contributed by atoms with van der Waals surface area (Å²) in [5.74, 6) is -3.72. The number of aromatic nitrogens is 1. The minimum absolute atomic E-state index is 0.0473. The SMILES string of the molecule is CCO.COc1cc(F)c(-c2csc(N)n2)c(F)c1.COc1cc(F)c(C(=O)CBr)c(F)c1. The number of anilines is 1. The lowest BCUT2D eigenvalue weighted by Crippen LogP contribution is -2.07. The van der Waals surface area contributed by atoms with E-state index in [1.165, 1.54) is 19.6 Å². The van der Waals surface area contributed by atoms with Crippen molar-refractivity contribution < 1.29 is 36.9 Å². The molecule has 2 aromatic carbocycles. The zero-order valence-corrected chi connectivity index (χ0v) is 20.2. The molecule has 12 heteroatoms. The summed E-state index contributed by atoms with van der Waals surface area (Å²) in [6.07, 6.45) is 0. The van der Waals surface area contributed by atoms with E-state index in [0.29, 0.717) is 0 Å². The molecule has 0 aliphatic rings. The topological polar surface area (TPSA) is 94.7 Å². The molecule has 0 amide bonds. The van der Waals surface area contributed by atoms with E-state index >= 15 is 0 Å². The molecule has 3 N–H and O–H groups in total. The van der Waals surface area contributed by atoms with Gasteiger partial charge < -0.3 is 20.3 Å². The highest BCUT2D eigenvalue weighted by molar-refractivity contribution is 9.09. The van der Waals surface area contributed by atoms with E-state index in [1.807, 2.05) is 0 Å². The van der Waals surface area contributed by atoms with Gasteiger partial charge in [0.2, 0.25) is 0 Å². The number of nitrogen functional groups attached to an aromatic ring is 1. The summed E-state index contributed by atoms with van der Waals surface area (Å²) >= 11 is 3.97. The predicted molar refractivity (Wildman–Crippen MR) is 122 cm³/mol. The summed E-state index contributed by atoms with van der Waals surface area (Å²) < 4.78 is 62.9. The third-order valence-corrected chi connectivity index (χ3v) is 4.86. The Morgan fingerprint density at radius 1 is 1.03 bits per heavy atom. The van der Waals surface area contributed by atoms with Crippen LogP contribution in [0.3, 0.4) is 0 Å². The Balaban J connectivity index is 0.000000298. The highest BCUT2D eigenvalue weighted by atomic mass is 79.9. The molecule has 0 fully saturated rings. The van der Waals surface area contributed by atoms with Gasteiger partial charge >= 0.3 is 0 Å². The molecule has 0 unspecified atom stereocenters. The Labute approximate surface area is 200 Å². The molecule has 1 heterocycles. The molecule has 0 spiro atoms. The number of hydrogen-bond donors (Lipinski definition) is 2. The molecule has 0 saturated carbocycles. The molecule has 3 rings (SSSR count). The highest BCUT2D eigenvalue weighted by Gasteiger charge is 2.18. The Morgan fingerprint density at radius 3 is 1.79 bits per heavy atom. The van der Waals surface area contributed by atoms with Crippen LogP contribution in [0.25, 0.3) is 11.3 Å². The molecule has 0 radical (unpaired) electrons. The van der Waals surface area contributed by atoms with Crippen molar-refractivity contribution in [3.05, 3.63) is 58.5 Å². The lowest BCUT2D eigenvalue weighted by atomic mass is 10.1. The fourth-order valence-electron chi connectivity index (χ4n) is 2.32. The predicted octanol–water partition coefficient (Wildman–Crippen LogP) is 5.23. The van der Waals surface area contributed by atoms with Gasteiger partial charge in [-0.2, -0.15) is 0 Å². The van der Waals surface area contributed by atoms with E-state index in [9.17, 15) is 22.4 Å². The summed E-state index contributed by atoms with van der Waals surface area (Å²) in [6.45, 7) is 1.93. The first-order valence-electron chi connectivity index (χ1n) is 9.10. The lowest BCUT2D eigenvalue weighted by molar-refractivity contribution is 0.101. The van der Waals surface area contributed by atoms with Crippen molar-refractivity contribution >= 4 is 38.2 Å². The number of ketones is 1. The summed E-state index contributed by atoms with van der Waals surface area (Å²) in [5, 5.41) is 9.22. The Hall–Kier alpha value is -2.70. The van der Waals surface area contributed by atoms with Crippen molar-refractivity contribution in [3.8, 4) is 22.8 Å². The second-order valence-corrected chi connectivity index (χ2v) is 7.33. The molecule has 0 aliphatic heterocycles. The molecule has 6 nitrogen and oxygen atoms in total. The van der Waals surface area contributed by atoms with Gasteiger partial charge in [0.15, 0.2) is 10.9 Å². The zero-order valence-electron chi connectivity index (χ0n) is 17.8. The van der Waals surface area contributed by atoms with Gasteiger partial charge in [-0.05, 0) is 6.92 Å². The van der Waals surface area contributed by atoms with Crippen LogP contribution >= 0.6 is 27.3 Å². The van der Waals surface area contributed by atoms with Crippen LogP contribution in [0.4, 0.5) is 22.7 Å². The summed E-state index contributed by atoms with van der Waals surface area (Å²) in [6, 6.07) is 4.15. The maximum absolute atomic E-state index is 13.6. The van der Waals surface area contributed by atoms with E-state index in [4.69, 9.17) is 15.6 Å². The molecule has 33 heavy (non-hydrogen) atoms. The van der Waals surface area contributed by atoms with E-state index < -0.39 is 34.6 Å². The number of Topliss-reactive ketones (excluding diaryl/α,β-unsaturated/α-hetero) is 1. The van der Waals surface area contributed by atoms with Crippen LogP contribution in [0.1, 0.15) is 17.3 Å². The number of carbonyl (C=O) groups is 1. The van der Waals surface area contributed by atoms with Crippen molar-refractivity contribution in [1.29, 1.82) is 0 Å². The van der Waals surface area contributed by atoms with Crippen molar-refractivity contribution in [2.75, 3.05) is 31.9 Å². The third-order valence-electron chi connectivity index (χ3n) is 3.68. The van der Waals surface area contributed by atoms with E-state index in [1.54, 1.807) is 6.92 Å². The smallest absolute Gasteiger partial charge is 0.180 e. The minimum Gasteiger partial charge on any atom is -0.497 e. The Kier molecular flexibility index (Phi) is 11.8. The van der Waals surface area contributed by atoms with E-state index in [2.05, 4.69) is 25.7 Å². The fraction of sp³-hybridized carbons (Fsp3) is 0.238. The molecule has 0 aliphatic carbocycles. The van der Waals surface area contributed by atoms with Gasteiger partial charge in [-0.3, -0.25) is 4.79 Å². The molecule has 0 bridgehead atoms. The zero-order chi connectivity index (χ0) is 25.1. The number of ether oxygens (including phenoxy) is 2. The number of benzene rings is 2. The number of aliphatic hydroxyl groups is 1. The number of thiazole rings is 1. The average molecular weight is 553 g/mol. The number of aliphatic hydroxyl groups excluding tert-OH is 1. The van der Waals surface area contributed by atoms with Crippen LogP contribution in [0.2, 0.25) is 0 Å². The van der Waals surface area contributed by atoms with Crippen molar-refractivity contribution in [1.82, 2.24) is 4.98 Å². The fourth-order valence-corrected chi connectivity index (χ4v) is 3.15. The quantitative estimate of drug-likeness (QED) is 0.256. The number of nitrogens with two attached hydrogens (primary N) is 1. The van der Waals surface area contributed by atoms with Crippen LogP contribution < -0.4 is 15.2 Å². The van der Waals surface area contributed by atoms with Crippen LogP contribution in [0.5, 0.6) is 11.5 Å². The molecular weight excluding hydrogens is 532 g/mol. The second kappa shape index (κ2) is 13.8. The number of methoxy groups -OCH3 is 2. The first kappa shape index (κ1) is 28.3. The monoisotopic (exact) mass is 552 g/mol. The van der Waals surface area contributed by atoms with Gasteiger partial charge in [0.1, 0.15) is 34.8 Å². The number of nitrogens with zero attached hydrogens (tertiary/aromatic N) is 1. The number of alkyl halides is 1. The second-order valence-electron chi connectivity index (χ2n) is 5.88. The van der Waals surface area contributed by atoms with Crippen molar-refractivity contribution in [3.63, 3.8) is 0 Å². The molecule has 180 valence electrons. The van der Waals surface area contributed by atoms with Gasteiger partial charge in [-0.25, -0.2) is 22.5 Å². The number of rotatable bonds is 5. The van der Waals surface area contributed by atoms with Gasteiger partial charge in [-0.15, -0.1) is 11.3 Å². The number of hydrogen-bond acceptors (Lipinski definition) is 7. The third kappa shape index (κ3) is 7.98. The standard InChI is InChI=1S/C10H8F2N2OS.C9H7BrF2O2.C2H6O/c1-15-5-2-6(11)9(7(12)3-5)8-4-16-10(13)14-8;1-14-5-2-6(11)9(7(12)3-5)8(13)4-10;1-2-3/h2-4H,1H3,(H2,13,14);2-3H,4H2,1H3;3H,2H2,1H3. The van der Waals surface area contributed by atoms with Gasteiger partial charge in [0.05, 0.1) is 36.4 Å². The lowest BCUT2D eigenvalue weighted by Gasteiger charge is -2.05. The van der Waals surface area contributed by atoms with Crippen LogP contribution in [-0.4, -0.2) is 42.0 Å². The van der Waals surface area contributed by atoms with Crippen LogP contribution in [-0.2, 0) is 0 Å². The van der Waals surface area contributed by atoms with Crippen LogP contribution in [0, 0.1) is 23.3 Å². The Bertz CT molecular complexity index is 1040. The first-order valence-corrected chi connectivity index (χ1v) is 11.1. The summed E-state index contributed by atoms with van der Waals surface area (Å²) in [7, 11) is 2.63. The largest absolute Gasteiger partial charge is 0.497 e. The summed E-state index contributed by atoms with van der Waals surface area (Å²) in [5.41, 5.74) is 4.88. The van der Waals surface area contributed by atoms with E-state index in [-0.39, 0.29) is 39.8 Å². The van der Waals surface area contributed by atoms with Gasteiger partial charge in [0, 0.05) is 36.3 Å². The molecule has 3 aromatic rings. The molecule has 0 saturated heterocycles. The average Bonchev–Trinajstić information content (AvgIpc) is 3.19. The maximum atomic E-state index is 13.6. The number of carbonyl (C=O) groups excluding carboxylic acids is 1. The van der Waals surface area contributed by atoms with E-state index in [0.717, 1.165) is 35.6 Å². The summed E-state index contributed by atoms with van der Waals surface area (Å²) in [4.78, 5) is 14.9. The molecule has 1 aromatic heterocycles. The first-order chi connectivity index (χ1) is 15.6. The van der Waals surface area contributed by atoms with Crippen LogP contribution in [0.15, 0.2) is 29.6 Å². The normalized spacial score (nSPS) is 9.85. The van der Waals surface area contributed by atoms with Gasteiger partial charge in [0.25, 0.3) is 0 Å².